The van der Waals surface area contributed by atoms with E-state index in [1.807, 2.05) is 6.92 Å². The van der Waals surface area contributed by atoms with E-state index in [0.29, 0.717) is 12.0 Å². The summed E-state index contributed by atoms with van der Waals surface area (Å²) in [5.74, 6) is -0.866. The highest BCUT2D eigenvalue weighted by Crippen LogP contribution is 2.13. The molecule has 1 aromatic carbocycles. The first-order chi connectivity index (χ1) is 9.89. The van der Waals surface area contributed by atoms with Crippen molar-refractivity contribution >= 4 is 16.0 Å². The second-order valence-corrected chi connectivity index (χ2v) is 6.62. The van der Waals surface area contributed by atoms with Gasteiger partial charge in [0.05, 0.1) is 11.3 Å². The molecule has 1 atom stereocenters. The van der Waals surface area contributed by atoms with Crippen molar-refractivity contribution in [2.24, 2.45) is 5.92 Å². The molecule has 0 aliphatic carbocycles. The van der Waals surface area contributed by atoms with Crippen molar-refractivity contribution in [1.82, 2.24) is 4.72 Å². The summed E-state index contributed by atoms with van der Waals surface area (Å²) in [4.78, 5) is 10.7. The predicted molar refractivity (Wildman–Crippen MR) is 78.5 cm³/mol. The zero-order chi connectivity index (χ0) is 15.9. The smallest absolute Gasteiger partial charge is 0.307 e. The van der Waals surface area contributed by atoms with Crippen LogP contribution in [-0.2, 0) is 21.2 Å². The fraction of sp³-hybridized carbons (Fsp3) is 0.500. The molecule has 0 aliphatic rings. The summed E-state index contributed by atoms with van der Waals surface area (Å²) in [5.41, 5.74) is 0.549. The van der Waals surface area contributed by atoms with Crippen molar-refractivity contribution in [3.63, 3.8) is 0 Å². The van der Waals surface area contributed by atoms with E-state index in [1.54, 1.807) is 0 Å². The molecular formula is C14H21NO5S. The fourth-order valence-electron chi connectivity index (χ4n) is 1.91. The summed E-state index contributed by atoms with van der Waals surface area (Å²) in [7, 11) is -3.61. The lowest BCUT2D eigenvalue weighted by atomic mass is 10.0. The Morgan fingerprint density at radius 2 is 1.90 bits per heavy atom. The van der Waals surface area contributed by atoms with Crippen LogP contribution in [0.2, 0.25) is 0 Å². The molecule has 1 rings (SSSR count). The molecule has 118 valence electrons. The number of carbonyl (C=O) groups is 1. The Kier molecular flexibility index (Phi) is 6.80. The average Bonchev–Trinajstić information content (AvgIpc) is 2.43. The highest BCUT2D eigenvalue weighted by molar-refractivity contribution is 7.89. The van der Waals surface area contributed by atoms with Gasteiger partial charge >= 0.3 is 5.97 Å². The van der Waals surface area contributed by atoms with Crippen molar-refractivity contribution in [2.75, 3.05) is 13.2 Å². The molecule has 0 saturated carbocycles. The van der Waals surface area contributed by atoms with Crippen LogP contribution < -0.4 is 4.72 Å². The minimum atomic E-state index is -3.61. The lowest BCUT2D eigenvalue weighted by Crippen LogP contribution is -2.29. The van der Waals surface area contributed by atoms with Gasteiger partial charge in [-0.1, -0.05) is 25.5 Å². The van der Waals surface area contributed by atoms with Crippen LogP contribution in [-0.4, -0.2) is 37.8 Å². The normalized spacial score (nSPS) is 13.0. The highest BCUT2D eigenvalue weighted by Gasteiger charge is 2.16. The topological polar surface area (TPSA) is 104 Å². The predicted octanol–water partition coefficient (Wildman–Crippen LogP) is 1.00. The molecule has 0 saturated heterocycles. The van der Waals surface area contributed by atoms with E-state index in [2.05, 4.69) is 4.72 Å². The maximum Gasteiger partial charge on any atom is 0.307 e. The summed E-state index contributed by atoms with van der Waals surface area (Å²) in [6.45, 7) is 2.25. The van der Waals surface area contributed by atoms with E-state index in [1.165, 1.54) is 24.3 Å². The van der Waals surface area contributed by atoms with Crippen molar-refractivity contribution in [1.29, 1.82) is 0 Å². The molecule has 0 heterocycles. The van der Waals surface area contributed by atoms with Gasteiger partial charge in [0, 0.05) is 13.2 Å². The number of aliphatic hydroxyl groups is 1. The number of carboxylic acids is 1. The zero-order valence-electron chi connectivity index (χ0n) is 11.9. The Morgan fingerprint density at radius 1 is 1.29 bits per heavy atom. The lowest BCUT2D eigenvalue weighted by molar-refractivity contribution is -0.136. The number of aliphatic hydroxyl groups excluding tert-OH is 1. The van der Waals surface area contributed by atoms with Gasteiger partial charge in [0.2, 0.25) is 10.0 Å². The standard InChI is InChI=1S/C14H21NO5S/c1-2-11(7-8-16)10-15-21(19,20)13-5-3-12(4-6-13)9-14(17)18/h3-6,11,15-16H,2,7-10H2,1H3,(H,17,18). The molecule has 0 aromatic heterocycles. The first kappa shape index (κ1) is 17.6. The van der Waals surface area contributed by atoms with Crippen LogP contribution in [0.1, 0.15) is 25.3 Å². The van der Waals surface area contributed by atoms with E-state index in [-0.39, 0.29) is 30.4 Å². The van der Waals surface area contributed by atoms with Crippen LogP contribution in [0.3, 0.4) is 0 Å². The maximum atomic E-state index is 12.1. The van der Waals surface area contributed by atoms with E-state index >= 15 is 0 Å². The molecule has 0 spiro atoms. The van der Waals surface area contributed by atoms with Crippen LogP contribution in [0, 0.1) is 5.92 Å². The summed E-state index contributed by atoms with van der Waals surface area (Å²) in [6.07, 6.45) is 1.19. The zero-order valence-corrected chi connectivity index (χ0v) is 12.8. The van der Waals surface area contributed by atoms with Crippen molar-refractivity contribution in [3.05, 3.63) is 29.8 Å². The number of aliphatic carboxylic acids is 1. The van der Waals surface area contributed by atoms with Crippen molar-refractivity contribution in [3.8, 4) is 0 Å². The molecule has 0 bridgehead atoms. The number of carboxylic acid groups (broad SMARTS) is 1. The van der Waals surface area contributed by atoms with Crippen LogP contribution in [0.4, 0.5) is 0 Å². The molecule has 21 heavy (non-hydrogen) atoms. The lowest BCUT2D eigenvalue weighted by Gasteiger charge is -2.14. The Morgan fingerprint density at radius 3 is 2.38 bits per heavy atom. The van der Waals surface area contributed by atoms with Gasteiger partial charge in [0.1, 0.15) is 0 Å². The van der Waals surface area contributed by atoms with E-state index in [0.717, 1.165) is 6.42 Å². The molecular weight excluding hydrogens is 294 g/mol. The molecule has 6 nitrogen and oxygen atoms in total. The van der Waals surface area contributed by atoms with Gasteiger partial charge in [-0.25, -0.2) is 13.1 Å². The Hall–Kier alpha value is -1.44. The van der Waals surface area contributed by atoms with Gasteiger partial charge in [0.25, 0.3) is 0 Å². The maximum absolute atomic E-state index is 12.1. The molecule has 1 unspecified atom stereocenters. The molecule has 0 amide bonds. The molecule has 3 N–H and O–H groups in total. The molecule has 0 fully saturated rings. The van der Waals surface area contributed by atoms with E-state index in [4.69, 9.17) is 10.2 Å². The number of rotatable bonds is 9. The van der Waals surface area contributed by atoms with Crippen LogP contribution in [0.25, 0.3) is 0 Å². The number of sulfonamides is 1. The van der Waals surface area contributed by atoms with Crippen molar-refractivity contribution < 1.29 is 23.4 Å². The summed E-state index contributed by atoms with van der Waals surface area (Å²) in [6, 6.07) is 5.78. The van der Waals surface area contributed by atoms with Gasteiger partial charge in [-0.05, 0) is 30.0 Å². The molecule has 7 heteroatoms. The number of hydrogen-bond donors (Lipinski definition) is 3. The molecule has 1 aromatic rings. The third-order valence-electron chi connectivity index (χ3n) is 3.27. The molecule has 0 aliphatic heterocycles. The minimum Gasteiger partial charge on any atom is -0.481 e. The average molecular weight is 315 g/mol. The Bertz CT molecular complexity index is 553. The third-order valence-corrected chi connectivity index (χ3v) is 4.71. The minimum absolute atomic E-state index is 0.0319. The van der Waals surface area contributed by atoms with Crippen molar-refractivity contribution in [2.45, 2.75) is 31.1 Å². The Labute approximate surface area is 124 Å². The second-order valence-electron chi connectivity index (χ2n) is 4.85. The first-order valence-corrected chi connectivity index (χ1v) is 8.28. The number of benzene rings is 1. The van der Waals surface area contributed by atoms with Crippen LogP contribution >= 0.6 is 0 Å². The van der Waals surface area contributed by atoms with Gasteiger partial charge in [-0.15, -0.1) is 0 Å². The summed E-state index contributed by atoms with van der Waals surface area (Å²) in [5, 5.41) is 17.6. The van der Waals surface area contributed by atoms with E-state index < -0.39 is 16.0 Å². The summed E-state index contributed by atoms with van der Waals surface area (Å²) >= 11 is 0. The molecule has 0 radical (unpaired) electrons. The SMILES string of the molecule is CCC(CCO)CNS(=O)(=O)c1ccc(CC(=O)O)cc1. The summed E-state index contributed by atoms with van der Waals surface area (Å²) < 4.78 is 26.7. The second kappa shape index (κ2) is 8.11. The van der Waals surface area contributed by atoms with Gasteiger partial charge in [-0.2, -0.15) is 0 Å². The first-order valence-electron chi connectivity index (χ1n) is 6.80. The third kappa shape index (κ3) is 5.82. The number of hydrogen-bond acceptors (Lipinski definition) is 4. The Balaban J connectivity index is 2.71. The fourth-order valence-corrected chi connectivity index (χ4v) is 3.02. The highest BCUT2D eigenvalue weighted by atomic mass is 32.2. The largest absolute Gasteiger partial charge is 0.481 e. The van der Waals surface area contributed by atoms with Gasteiger partial charge in [-0.3, -0.25) is 4.79 Å². The van der Waals surface area contributed by atoms with E-state index in [9.17, 15) is 13.2 Å². The van der Waals surface area contributed by atoms with Crippen LogP contribution in [0.15, 0.2) is 29.2 Å². The quantitative estimate of drug-likeness (QED) is 0.631. The monoisotopic (exact) mass is 315 g/mol. The van der Waals surface area contributed by atoms with Gasteiger partial charge < -0.3 is 10.2 Å². The number of nitrogens with one attached hydrogen (secondary N) is 1. The van der Waals surface area contributed by atoms with Crippen LogP contribution in [0.5, 0.6) is 0 Å². The van der Waals surface area contributed by atoms with Gasteiger partial charge in [0.15, 0.2) is 0 Å².